The highest BCUT2D eigenvalue weighted by Gasteiger charge is 2.18. The fourth-order valence-corrected chi connectivity index (χ4v) is 2.24. The Bertz CT molecular complexity index is 830. The third-order valence-electron chi connectivity index (χ3n) is 3.30. The molecule has 0 spiro atoms. The van der Waals surface area contributed by atoms with E-state index < -0.39 is 11.9 Å². The number of nitrogens with one attached hydrogen (secondary N) is 1. The number of rotatable bonds is 4. The van der Waals surface area contributed by atoms with Crippen LogP contribution >= 0.6 is 0 Å². The van der Waals surface area contributed by atoms with Crippen LogP contribution in [-0.4, -0.2) is 37.3 Å². The molecule has 23 heavy (non-hydrogen) atoms. The fourth-order valence-electron chi connectivity index (χ4n) is 2.24. The van der Waals surface area contributed by atoms with Gasteiger partial charge in [0.25, 0.3) is 0 Å². The highest BCUT2D eigenvalue weighted by molar-refractivity contribution is 5.96. The molecule has 2 aromatic carbocycles. The molecule has 3 aromatic rings. The molecule has 7 nitrogen and oxygen atoms in total. The van der Waals surface area contributed by atoms with Crippen molar-refractivity contribution in [3.05, 3.63) is 59.7 Å². The van der Waals surface area contributed by atoms with Crippen molar-refractivity contribution in [3.63, 3.8) is 0 Å². The predicted molar refractivity (Wildman–Crippen MR) is 81.2 cm³/mol. The summed E-state index contributed by atoms with van der Waals surface area (Å²) in [6.07, 6.45) is 0. The van der Waals surface area contributed by atoms with Crippen LogP contribution < -0.4 is 0 Å². The lowest BCUT2D eigenvalue weighted by Gasteiger charge is -2.02. The number of benzene rings is 2. The number of carboxylic acid groups (broad SMARTS) is 2. The highest BCUT2D eigenvalue weighted by atomic mass is 16.4. The summed E-state index contributed by atoms with van der Waals surface area (Å²) in [5.41, 5.74) is 0.896. The van der Waals surface area contributed by atoms with Gasteiger partial charge in [0.05, 0.1) is 11.1 Å². The quantitative estimate of drug-likeness (QED) is 0.682. The van der Waals surface area contributed by atoms with Gasteiger partial charge < -0.3 is 10.2 Å². The van der Waals surface area contributed by atoms with Crippen molar-refractivity contribution in [2.24, 2.45) is 0 Å². The summed E-state index contributed by atoms with van der Waals surface area (Å²) in [4.78, 5) is 26.8. The van der Waals surface area contributed by atoms with Crippen LogP contribution in [0.1, 0.15) is 20.7 Å². The monoisotopic (exact) mass is 309 g/mol. The number of hydrogen-bond donors (Lipinski definition) is 3. The molecule has 3 N–H and O–H groups in total. The van der Waals surface area contributed by atoms with Crippen molar-refractivity contribution in [1.82, 2.24) is 15.2 Å². The Hall–Kier alpha value is -3.48. The summed E-state index contributed by atoms with van der Waals surface area (Å²) < 4.78 is 0. The minimum Gasteiger partial charge on any atom is -0.478 e. The summed E-state index contributed by atoms with van der Waals surface area (Å²) in [6, 6.07) is 12.7. The van der Waals surface area contributed by atoms with Crippen molar-refractivity contribution >= 4 is 11.9 Å². The lowest BCUT2D eigenvalue weighted by molar-refractivity contribution is 0.0687. The Balaban J connectivity index is 2.09. The van der Waals surface area contributed by atoms with E-state index in [9.17, 15) is 19.8 Å². The smallest absolute Gasteiger partial charge is 0.336 e. The van der Waals surface area contributed by atoms with E-state index in [1.54, 1.807) is 36.4 Å². The van der Waals surface area contributed by atoms with Gasteiger partial charge in [0.1, 0.15) is 0 Å². The zero-order valence-corrected chi connectivity index (χ0v) is 11.7. The normalized spacial score (nSPS) is 10.4. The molecule has 0 radical (unpaired) electrons. The minimum absolute atomic E-state index is 0.0737. The SMILES string of the molecule is O=C(O)c1ccccc1-c1n[nH]c(-c2ccccc2C(=O)O)n1. The first kappa shape index (κ1) is 14.5. The summed E-state index contributed by atoms with van der Waals surface area (Å²) >= 11 is 0. The van der Waals surface area contributed by atoms with Crippen LogP contribution in [0.5, 0.6) is 0 Å². The van der Waals surface area contributed by atoms with E-state index in [1.165, 1.54) is 12.1 Å². The molecule has 0 aliphatic rings. The van der Waals surface area contributed by atoms with Crippen LogP contribution in [0.25, 0.3) is 22.8 Å². The molecule has 0 aliphatic heterocycles. The Morgan fingerprint density at radius 1 is 0.826 bits per heavy atom. The van der Waals surface area contributed by atoms with Gasteiger partial charge in [-0.2, -0.15) is 5.10 Å². The van der Waals surface area contributed by atoms with E-state index >= 15 is 0 Å². The third kappa shape index (κ3) is 2.67. The minimum atomic E-state index is -1.09. The Labute approximate surface area is 130 Å². The van der Waals surface area contributed by atoms with Crippen LogP contribution in [0.4, 0.5) is 0 Å². The number of H-pyrrole nitrogens is 1. The number of aromatic carboxylic acids is 2. The van der Waals surface area contributed by atoms with Crippen LogP contribution in [0.15, 0.2) is 48.5 Å². The van der Waals surface area contributed by atoms with Gasteiger partial charge in [-0.3, -0.25) is 5.10 Å². The summed E-state index contributed by atoms with van der Waals surface area (Å²) in [7, 11) is 0. The van der Waals surface area contributed by atoms with Gasteiger partial charge >= 0.3 is 11.9 Å². The molecule has 0 unspecified atom stereocenters. The van der Waals surface area contributed by atoms with E-state index in [0.717, 1.165) is 0 Å². The van der Waals surface area contributed by atoms with Crippen LogP contribution in [0, 0.1) is 0 Å². The first-order valence-corrected chi connectivity index (χ1v) is 6.65. The lowest BCUT2D eigenvalue weighted by Crippen LogP contribution is -2.00. The average molecular weight is 309 g/mol. The molecule has 0 atom stereocenters. The Kier molecular flexibility index (Phi) is 3.60. The highest BCUT2D eigenvalue weighted by Crippen LogP contribution is 2.25. The van der Waals surface area contributed by atoms with Crippen LogP contribution in [-0.2, 0) is 0 Å². The van der Waals surface area contributed by atoms with Gasteiger partial charge in [-0.15, -0.1) is 0 Å². The zero-order valence-electron chi connectivity index (χ0n) is 11.7. The molecule has 0 fully saturated rings. The van der Waals surface area contributed by atoms with Gasteiger partial charge in [-0.25, -0.2) is 14.6 Å². The maximum atomic E-state index is 11.3. The molecule has 0 saturated heterocycles. The standard InChI is InChI=1S/C16H11N3O4/c20-15(21)11-7-3-1-5-9(11)13-17-14(19-18-13)10-6-2-4-8-12(10)16(22)23/h1-8H,(H,20,21)(H,22,23)(H,17,18,19). The van der Waals surface area contributed by atoms with Gasteiger partial charge in [0, 0.05) is 11.1 Å². The van der Waals surface area contributed by atoms with Crippen molar-refractivity contribution in [2.75, 3.05) is 0 Å². The molecular weight excluding hydrogens is 298 g/mol. The van der Waals surface area contributed by atoms with E-state index in [-0.39, 0.29) is 22.8 Å². The number of carbonyl (C=O) groups is 2. The second-order valence-electron chi connectivity index (χ2n) is 4.71. The Morgan fingerprint density at radius 2 is 1.35 bits per heavy atom. The molecule has 1 aromatic heterocycles. The summed E-state index contributed by atoms with van der Waals surface area (Å²) in [5.74, 6) is -1.71. The maximum absolute atomic E-state index is 11.3. The van der Waals surface area contributed by atoms with E-state index in [0.29, 0.717) is 11.1 Å². The molecule has 3 rings (SSSR count). The van der Waals surface area contributed by atoms with E-state index in [1.807, 2.05) is 0 Å². The summed E-state index contributed by atoms with van der Waals surface area (Å²) in [6.45, 7) is 0. The second kappa shape index (κ2) is 5.72. The van der Waals surface area contributed by atoms with Gasteiger partial charge in [0.15, 0.2) is 11.6 Å². The molecule has 0 saturated carbocycles. The zero-order chi connectivity index (χ0) is 16.4. The molecular formula is C16H11N3O4. The fraction of sp³-hybridized carbons (Fsp3) is 0. The predicted octanol–water partition coefficient (Wildman–Crippen LogP) is 2.54. The molecule has 0 bridgehead atoms. The number of aromatic amines is 1. The van der Waals surface area contributed by atoms with Gasteiger partial charge in [-0.1, -0.05) is 36.4 Å². The van der Waals surface area contributed by atoms with Crippen molar-refractivity contribution < 1.29 is 19.8 Å². The molecule has 0 amide bonds. The number of hydrogen-bond acceptors (Lipinski definition) is 4. The number of aromatic nitrogens is 3. The van der Waals surface area contributed by atoms with E-state index in [2.05, 4.69) is 15.2 Å². The summed E-state index contributed by atoms with van der Waals surface area (Å²) in [5, 5.41) is 25.1. The van der Waals surface area contributed by atoms with Crippen molar-refractivity contribution in [2.45, 2.75) is 0 Å². The molecule has 114 valence electrons. The van der Waals surface area contributed by atoms with E-state index in [4.69, 9.17) is 0 Å². The van der Waals surface area contributed by atoms with Crippen LogP contribution in [0.3, 0.4) is 0 Å². The van der Waals surface area contributed by atoms with Crippen molar-refractivity contribution in [3.8, 4) is 22.8 Å². The number of nitrogens with zero attached hydrogens (tertiary/aromatic N) is 2. The number of carboxylic acids is 2. The topological polar surface area (TPSA) is 116 Å². The molecule has 7 heteroatoms. The maximum Gasteiger partial charge on any atom is 0.336 e. The largest absolute Gasteiger partial charge is 0.478 e. The Morgan fingerprint density at radius 3 is 1.96 bits per heavy atom. The third-order valence-corrected chi connectivity index (χ3v) is 3.30. The molecule has 1 heterocycles. The van der Waals surface area contributed by atoms with Gasteiger partial charge in [0.2, 0.25) is 0 Å². The second-order valence-corrected chi connectivity index (χ2v) is 4.71. The van der Waals surface area contributed by atoms with Crippen molar-refractivity contribution in [1.29, 1.82) is 0 Å². The van der Waals surface area contributed by atoms with Gasteiger partial charge in [-0.05, 0) is 12.1 Å². The lowest BCUT2D eigenvalue weighted by atomic mass is 10.1. The first-order chi connectivity index (χ1) is 11.1. The average Bonchev–Trinajstić information content (AvgIpc) is 3.04. The van der Waals surface area contributed by atoms with Crippen LogP contribution in [0.2, 0.25) is 0 Å². The molecule has 0 aliphatic carbocycles. The first-order valence-electron chi connectivity index (χ1n) is 6.65.